The molecule has 0 aromatic rings. The fraction of sp³-hybridized carbons (Fsp3) is 0.875. The van der Waals surface area contributed by atoms with Crippen molar-refractivity contribution < 1.29 is 0 Å². The molecule has 5 nitrogen and oxygen atoms in total. The van der Waals surface area contributed by atoms with E-state index in [1.54, 1.807) is 0 Å². The molecular formula is C8H18ClN5. The Labute approximate surface area is 89.9 Å². The van der Waals surface area contributed by atoms with Gasteiger partial charge in [0.15, 0.2) is 0 Å². The van der Waals surface area contributed by atoms with Crippen LogP contribution in [0.4, 0.5) is 0 Å². The predicted molar refractivity (Wildman–Crippen MR) is 58.6 cm³/mol. The van der Waals surface area contributed by atoms with E-state index in [0.717, 1.165) is 18.8 Å². The molecular weight excluding hydrogens is 202 g/mol. The van der Waals surface area contributed by atoms with E-state index < -0.39 is 0 Å². The number of nitrogens with zero attached hydrogens (tertiary/aromatic N) is 2. The quantitative estimate of drug-likeness (QED) is 0.609. The zero-order valence-corrected chi connectivity index (χ0v) is 9.60. The van der Waals surface area contributed by atoms with E-state index in [9.17, 15) is 0 Å². The molecule has 82 valence electrons. The van der Waals surface area contributed by atoms with Crippen LogP contribution in [0.1, 0.15) is 27.2 Å². The second-order valence-corrected chi connectivity index (χ2v) is 3.86. The molecule has 1 aliphatic heterocycles. The molecule has 0 saturated carbocycles. The van der Waals surface area contributed by atoms with Gasteiger partial charge in [-0.05, 0) is 20.8 Å². The first-order valence-corrected chi connectivity index (χ1v) is 5.23. The summed E-state index contributed by atoms with van der Waals surface area (Å²) >= 11 is 5.82. The molecule has 0 aromatic carbocycles. The monoisotopic (exact) mass is 219 g/mol. The van der Waals surface area contributed by atoms with Crippen molar-refractivity contribution in [1.29, 1.82) is 0 Å². The number of halogens is 1. The minimum absolute atomic E-state index is 0.138. The molecule has 0 amide bonds. The maximum absolute atomic E-state index is 5.82. The van der Waals surface area contributed by atoms with Gasteiger partial charge in [-0.3, -0.25) is 15.7 Å². The summed E-state index contributed by atoms with van der Waals surface area (Å²) in [6, 6.07) is 0.415. The Balaban J connectivity index is 2.49. The van der Waals surface area contributed by atoms with E-state index in [1.165, 1.54) is 4.64 Å². The Morgan fingerprint density at radius 2 is 2.43 bits per heavy atom. The summed E-state index contributed by atoms with van der Waals surface area (Å²) in [6.07, 6.45) is 0.953. The van der Waals surface area contributed by atoms with Crippen molar-refractivity contribution in [3.8, 4) is 0 Å². The standard InChI is InChI=1S/C8H18ClN5/c1-4-10-7-5-8(11-6(2)3)13-14(9)12-7/h6,8,11,13H,4-5H2,1-3H3,(H,10,12). The molecule has 0 aromatic heterocycles. The van der Waals surface area contributed by atoms with Crippen LogP contribution in [0.2, 0.25) is 0 Å². The first-order valence-electron chi connectivity index (χ1n) is 4.90. The van der Waals surface area contributed by atoms with Crippen molar-refractivity contribution in [2.75, 3.05) is 6.54 Å². The minimum Gasteiger partial charge on any atom is -0.298 e. The van der Waals surface area contributed by atoms with Crippen molar-refractivity contribution >= 4 is 17.6 Å². The summed E-state index contributed by atoms with van der Waals surface area (Å²) in [6.45, 7) is 6.96. The molecule has 0 spiro atoms. The van der Waals surface area contributed by atoms with E-state index in [2.05, 4.69) is 35.0 Å². The highest BCUT2D eigenvalue weighted by Gasteiger charge is 2.21. The Morgan fingerprint density at radius 1 is 1.71 bits per heavy atom. The lowest BCUT2D eigenvalue weighted by Crippen LogP contribution is -2.61. The van der Waals surface area contributed by atoms with Crippen LogP contribution >= 0.6 is 11.8 Å². The summed E-state index contributed by atoms with van der Waals surface area (Å²) in [7, 11) is 0. The zero-order chi connectivity index (χ0) is 10.6. The zero-order valence-electron chi connectivity index (χ0n) is 8.84. The average molecular weight is 220 g/mol. The number of hydrogen-bond donors (Lipinski definition) is 3. The van der Waals surface area contributed by atoms with Gasteiger partial charge in [-0.15, -0.1) is 0 Å². The predicted octanol–water partition coefficient (Wildman–Crippen LogP) is 0.598. The van der Waals surface area contributed by atoms with Crippen LogP contribution in [0, 0.1) is 0 Å². The van der Waals surface area contributed by atoms with Gasteiger partial charge in [-0.1, -0.05) is 4.64 Å². The summed E-state index contributed by atoms with van der Waals surface area (Å²) < 4.78 is 1.32. The van der Waals surface area contributed by atoms with Gasteiger partial charge in [-0.25, -0.2) is 5.43 Å². The SMILES string of the molecule is CCN=C1CC(NC(C)C)NN(Cl)N1. The second kappa shape index (κ2) is 5.50. The molecule has 1 rings (SSSR count). The second-order valence-electron chi connectivity index (χ2n) is 3.52. The molecule has 0 bridgehead atoms. The maximum atomic E-state index is 5.82. The van der Waals surface area contributed by atoms with Crippen LogP contribution in [0.25, 0.3) is 0 Å². The Kier molecular flexibility index (Phi) is 4.60. The summed E-state index contributed by atoms with van der Waals surface area (Å²) in [5.74, 6) is 0.902. The molecule has 0 aliphatic carbocycles. The van der Waals surface area contributed by atoms with Crippen molar-refractivity contribution in [3.05, 3.63) is 0 Å². The van der Waals surface area contributed by atoms with E-state index in [1.807, 2.05) is 6.92 Å². The largest absolute Gasteiger partial charge is 0.298 e. The van der Waals surface area contributed by atoms with Crippen molar-refractivity contribution in [3.63, 3.8) is 0 Å². The molecule has 14 heavy (non-hydrogen) atoms. The van der Waals surface area contributed by atoms with E-state index in [-0.39, 0.29) is 6.17 Å². The van der Waals surface area contributed by atoms with Gasteiger partial charge < -0.3 is 0 Å². The fourth-order valence-corrected chi connectivity index (χ4v) is 1.57. The minimum atomic E-state index is 0.138. The lowest BCUT2D eigenvalue weighted by Gasteiger charge is -2.32. The number of rotatable bonds is 3. The number of aliphatic imine (C=N–C) groups is 1. The highest BCUT2D eigenvalue weighted by Crippen LogP contribution is 2.02. The van der Waals surface area contributed by atoms with Gasteiger partial charge in [0, 0.05) is 30.8 Å². The van der Waals surface area contributed by atoms with Crippen LogP contribution in [0.5, 0.6) is 0 Å². The van der Waals surface area contributed by atoms with Gasteiger partial charge in [0.1, 0.15) is 5.84 Å². The average Bonchev–Trinajstić information content (AvgIpc) is 2.01. The molecule has 1 atom stereocenters. The highest BCUT2D eigenvalue weighted by atomic mass is 35.5. The van der Waals surface area contributed by atoms with Crippen molar-refractivity contribution in [2.45, 2.75) is 39.4 Å². The summed E-state index contributed by atoms with van der Waals surface area (Å²) in [5.41, 5.74) is 5.95. The third-order valence-electron chi connectivity index (χ3n) is 1.78. The smallest absolute Gasteiger partial charge is 0.116 e. The third kappa shape index (κ3) is 3.79. The molecule has 3 N–H and O–H groups in total. The van der Waals surface area contributed by atoms with Crippen LogP contribution < -0.4 is 16.2 Å². The Bertz CT molecular complexity index is 204. The topological polar surface area (TPSA) is 51.7 Å². The molecule has 1 saturated heterocycles. The molecule has 1 heterocycles. The van der Waals surface area contributed by atoms with Crippen molar-refractivity contribution in [1.82, 2.24) is 20.8 Å². The van der Waals surface area contributed by atoms with Crippen LogP contribution in [-0.4, -0.2) is 29.2 Å². The van der Waals surface area contributed by atoms with Gasteiger partial charge in [-0.2, -0.15) is 0 Å². The lowest BCUT2D eigenvalue weighted by molar-refractivity contribution is 0.194. The van der Waals surface area contributed by atoms with Gasteiger partial charge in [0.2, 0.25) is 0 Å². The summed E-state index contributed by atoms with van der Waals surface area (Å²) in [5, 5.41) is 3.34. The highest BCUT2D eigenvalue weighted by molar-refractivity contribution is 6.13. The lowest BCUT2D eigenvalue weighted by atomic mass is 10.2. The molecule has 6 heteroatoms. The Morgan fingerprint density at radius 3 is 3.00 bits per heavy atom. The van der Waals surface area contributed by atoms with Gasteiger partial charge in [0.25, 0.3) is 0 Å². The van der Waals surface area contributed by atoms with Crippen LogP contribution in [0.15, 0.2) is 4.99 Å². The third-order valence-corrected chi connectivity index (χ3v) is 1.96. The number of amidine groups is 1. The normalized spacial score (nSPS) is 26.9. The van der Waals surface area contributed by atoms with Gasteiger partial charge in [0.05, 0.1) is 6.17 Å². The number of hydrogen-bond acceptors (Lipinski definition) is 4. The van der Waals surface area contributed by atoms with Crippen LogP contribution in [-0.2, 0) is 0 Å². The van der Waals surface area contributed by atoms with Crippen molar-refractivity contribution in [2.24, 2.45) is 4.99 Å². The molecule has 1 fully saturated rings. The maximum Gasteiger partial charge on any atom is 0.116 e. The Hall–Kier alpha value is -0.360. The number of hydrazine groups is 2. The number of nitrogens with one attached hydrogen (secondary N) is 3. The summed E-state index contributed by atoms with van der Waals surface area (Å²) in [4.78, 5) is 4.29. The molecule has 0 radical (unpaired) electrons. The van der Waals surface area contributed by atoms with Gasteiger partial charge >= 0.3 is 0 Å². The fourth-order valence-electron chi connectivity index (χ4n) is 1.36. The first-order chi connectivity index (χ1) is 6.61. The van der Waals surface area contributed by atoms with Crippen LogP contribution in [0.3, 0.4) is 0 Å². The van der Waals surface area contributed by atoms with E-state index in [0.29, 0.717) is 6.04 Å². The van der Waals surface area contributed by atoms with E-state index in [4.69, 9.17) is 11.8 Å². The van der Waals surface area contributed by atoms with E-state index >= 15 is 0 Å². The first kappa shape index (κ1) is 11.7. The molecule has 1 unspecified atom stereocenters. The molecule has 1 aliphatic rings.